The molecule has 4 heteroatoms. The molecule has 2 amide bonds. The molecule has 1 aromatic carbocycles. The summed E-state index contributed by atoms with van der Waals surface area (Å²) in [5, 5.41) is 3.02. The number of hydrogen-bond donors (Lipinski definition) is 1. The highest BCUT2D eigenvalue weighted by atomic mass is 16.2. The molecule has 0 atom stereocenters. The van der Waals surface area contributed by atoms with Crippen molar-refractivity contribution in [2.75, 3.05) is 38.5 Å². The third kappa shape index (κ3) is 3.21. The van der Waals surface area contributed by atoms with Crippen LogP contribution >= 0.6 is 0 Å². The van der Waals surface area contributed by atoms with Crippen LogP contribution < -0.4 is 5.32 Å². The zero-order valence-electron chi connectivity index (χ0n) is 13.1. The second kappa shape index (κ2) is 5.68. The average molecular weight is 287 g/mol. The first-order chi connectivity index (χ1) is 10.1. The van der Waals surface area contributed by atoms with Crippen molar-refractivity contribution in [3.05, 3.63) is 29.8 Å². The molecule has 0 bridgehead atoms. The van der Waals surface area contributed by atoms with Crippen molar-refractivity contribution in [1.82, 2.24) is 9.80 Å². The number of amides is 2. The van der Waals surface area contributed by atoms with E-state index in [9.17, 15) is 4.79 Å². The lowest BCUT2D eigenvalue weighted by molar-refractivity contribution is 0.129. The van der Waals surface area contributed by atoms with Crippen LogP contribution in [0.15, 0.2) is 24.3 Å². The van der Waals surface area contributed by atoms with Gasteiger partial charge in [0.15, 0.2) is 0 Å². The van der Waals surface area contributed by atoms with E-state index < -0.39 is 0 Å². The van der Waals surface area contributed by atoms with Gasteiger partial charge in [0, 0.05) is 25.3 Å². The minimum atomic E-state index is 0.0433. The highest BCUT2D eigenvalue weighted by Gasteiger charge is 2.40. The number of nitrogens with one attached hydrogen (secondary N) is 1. The van der Waals surface area contributed by atoms with Gasteiger partial charge in [0.05, 0.1) is 0 Å². The van der Waals surface area contributed by atoms with E-state index in [1.54, 1.807) is 0 Å². The Labute approximate surface area is 127 Å². The van der Waals surface area contributed by atoms with Crippen LogP contribution in [0.5, 0.6) is 0 Å². The van der Waals surface area contributed by atoms with Crippen molar-refractivity contribution in [3.63, 3.8) is 0 Å². The number of hydrogen-bond acceptors (Lipinski definition) is 2. The van der Waals surface area contributed by atoms with Gasteiger partial charge in [-0.3, -0.25) is 0 Å². The Balaban J connectivity index is 1.56. The van der Waals surface area contributed by atoms with E-state index >= 15 is 0 Å². The molecule has 21 heavy (non-hydrogen) atoms. The molecule has 1 aromatic rings. The van der Waals surface area contributed by atoms with Gasteiger partial charge < -0.3 is 15.1 Å². The van der Waals surface area contributed by atoms with Crippen molar-refractivity contribution in [2.45, 2.75) is 26.2 Å². The molecule has 0 aromatic heterocycles. The number of aryl methyl sites for hydroxylation is 1. The third-order valence-electron chi connectivity index (χ3n) is 5.01. The zero-order valence-corrected chi connectivity index (χ0v) is 13.1. The van der Waals surface area contributed by atoms with Crippen LogP contribution in [0.1, 0.15) is 24.8 Å². The highest BCUT2D eigenvalue weighted by Crippen LogP contribution is 2.39. The Kier molecular flexibility index (Phi) is 3.89. The molecule has 114 valence electrons. The first kappa shape index (κ1) is 14.4. The SMILES string of the molecule is Cc1cccc(NC(=O)N2CCC3(CCN(C)C3)CC2)c1. The molecule has 2 saturated heterocycles. The number of likely N-dealkylation sites (tertiary alicyclic amines) is 2. The largest absolute Gasteiger partial charge is 0.324 e. The van der Waals surface area contributed by atoms with Gasteiger partial charge in [0.1, 0.15) is 0 Å². The van der Waals surface area contributed by atoms with Crippen LogP contribution in [0.3, 0.4) is 0 Å². The molecule has 0 radical (unpaired) electrons. The summed E-state index contributed by atoms with van der Waals surface area (Å²) in [5.74, 6) is 0. The summed E-state index contributed by atoms with van der Waals surface area (Å²) in [6.07, 6.45) is 3.56. The van der Waals surface area contributed by atoms with E-state index in [4.69, 9.17) is 0 Å². The van der Waals surface area contributed by atoms with Crippen LogP contribution in [0, 0.1) is 12.3 Å². The van der Waals surface area contributed by atoms with Crippen LogP contribution in [-0.2, 0) is 0 Å². The lowest BCUT2D eigenvalue weighted by Crippen LogP contribution is -2.45. The number of nitrogens with zero attached hydrogens (tertiary/aromatic N) is 2. The Hall–Kier alpha value is -1.55. The number of urea groups is 1. The molecular formula is C17H25N3O. The molecule has 2 aliphatic heterocycles. The van der Waals surface area contributed by atoms with E-state index in [0.717, 1.165) is 31.6 Å². The highest BCUT2D eigenvalue weighted by molar-refractivity contribution is 5.89. The van der Waals surface area contributed by atoms with E-state index in [0.29, 0.717) is 5.41 Å². The summed E-state index contributed by atoms with van der Waals surface area (Å²) in [4.78, 5) is 16.7. The van der Waals surface area contributed by atoms with Gasteiger partial charge in [-0.25, -0.2) is 4.79 Å². The van der Waals surface area contributed by atoms with E-state index in [1.165, 1.54) is 25.1 Å². The summed E-state index contributed by atoms with van der Waals surface area (Å²) >= 11 is 0. The topological polar surface area (TPSA) is 35.6 Å². The van der Waals surface area contributed by atoms with Gasteiger partial charge in [0.2, 0.25) is 0 Å². The molecule has 0 unspecified atom stereocenters. The first-order valence-electron chi connectivity index (χ1n) is 7.88. The quantitative estimate of drug-likeness (QED) is 0.862. The summed E-state index contributed by atoms with van der Waals surface area (Å²) in [5.41, 5.74) is 2.52. The van der Waals surface area contributed by atoms with Crippen molar-refractivity contribution < 1.29 is 4.79 Å². The molecule has 0 aliphatic carbocycles. The second-order valence-electron chi connectivity index (χ2n) is 6.77. The molecule has 4 nitrogen and oxygen atoms in total. The number of benzene rings is 1. The fourth-order valence-electron chi connectivity index (χ4n) is 3.68. The molecule has 1 N–H and O–H groups in total. The van der Waals surface area contributed by atoms with Crippen LogP contribution in [-0.4, -0.2) is 49.1 Å². The molecule has 2 aliphatic rings. The number of piperidine rings is 1. The van der Waals surface area contributed by atoms with Gasteiger partial charge in [-0.2, -0.15) is 0 Å². The monoisotopic (exact) mass is 287 g/mol. The van der Waals surface area contributed by atoms with Crippen LogP contribution in [0.4, 0.5) is 10.5 Å². The maximum absolute atomic E-state index is 12.4. The second-order valence-corrected chi connectivity index (χ2v) is 6.77. The zero-order chi connectivity index (χ0) is 14.9. The van der Waals surface area contributed by atoms with Crippen molar-refractivity contribution >= 4 is 11.7 Å². The molecule has 0 saturated carbocycles. The Morgan fingerprint density at radius 1 is 1.19 bits per heavy atom. The Morgan fingerprint density at radius 2 is 1.90 bits per heavy atom. The van der Waals surface area contributed by atoms with Gasteiger partial charge >= 0.3 is 6.03 Å². The predicted molar refractivity (Wildman–Crippen MR) is 85.6 cm³/mol. The maximum atomic E-state index is 12.4. The average Bonchev–Trinajstić information content (AvgIpc) is 2.80. The van der Waals surface area contributed by atoms with Gasteiger partial charge in [0.25, 0.3) is 0 Å². The van der Waals surface area contributed by atoms with E-state index in [1.807, 2.05) is 36.1 Å². The van der Waals surface area contributed by atoms with E-state index in [2.05, 4.69) is 17.3 Å². The smallest absolute Gasteiger partial charge is 0.321 e. The predicted octanol–water partition coefficient (Wildman–Crippen LogP) is 2.94. The summed E-state index contributed by atoms with van der Waals surface area (Å²) < 4.78 is 0. The van der Waals surface area contributed by atoms with Gasteiger partial charge in [-0.15, -0.1) is 0 Å². The van der Waals surface area contributed by atoms with Crippen LogP contribution in [0.25, 0.3) is 0 Å². The fourth-order valence-corrected chi connectivity index (χ4v) is 3.68. The van der Waals surface area contributed by atoms with Gasteiger partial charge in [-0.05, 0) is 62.9 Å². The number of carbonyl (C=O) groups is 1. The van der Waals surface area contributed by atoms with Crippen molar-refractivity contribution in [2.24, 2.45) is 5.41 Å². The van der Waals surface area contributed by atoms with Crippen LogP contribution in [0.2, 0.25) is 0 Å². The molecular weight excluding hydrogens is 262 g/mol. The molecule has 2 fully saturated rings. The number of anilines is 1. The molecule has 3 rings (SSSR count). The van der Waals surface area contributed by atoms with Gasteiger partial charge in [-0.1, -0.05) is 12.1 Å². The number of carbonyl (C=O) groups excluding carboxylic acids is 1. The summed E-state index contributed by atoms with van der Waals surface area (Å²) in [6.45, 7) is 6.20. The Bertz CT molecular complexity index is 521. The molecule has 2 heterocycles. The minimum Gasteiger partial charge on any atom is -0.324 e. The third-order valence-corrected chi connectivity index (χ3v) is 5.01. The normalized spacial score (nSPS) is 21.7. The molecule has 1 spiro atoms. The Morgan fingerprint density at radius 3 is 2.52 bits per heavy atom. The standard InChI is InChI=1S/C17H25N3O/c1-14-4-3-5-15(12-14)18-16(21)20-10-7-17(8-11-20)6-9-19(2)13-17/h3-5,12H,6-11,13H2,1-2H3,(H,18,21). The lowest BCUT2D eigenvalue weighted by atomic mass is 9.78. The lowest BCUT2D eigenvalue weighted by Gasteiger charge is -2.39. The minimum absolute atomic E-state index is 0.0433. The van der Waals surface area contributed by atoms with Crippen molar-refractivity contribution in [1.29, 1.82) is 0 Å². The fraction of sp³-hybridized carbons (Fsp3) is 0.588. The summed E-state index contributed by atoms with van der Waals surface area (Å²) in [6, 6.07) is 8.01. The van der Waals surface area contributed by atoms with Crippen molar-refractivity contribution in [3.8, 4) is 0 Å². The summed E-state index contributed by atoms with van der Waals surface area (Å²) in [7, 11) is 2.20. The maximum Gasteiger partial charge on any atom is 0.321 e. The number of rotatable bonds is 1. The van der Waals surface area contributed by atoms with E-state index in [-0.39, 0.29) is 6.03 Å². The first-order valence-corrected chi connectivity index (χ1v) is 7.88.